The highest BCUT2D eigenvalue weighted by molar-refractivity contribution is 5.75. The van der Waals surface area contributed by atoms with Crippen LogP contribution in [0.3, 0.4) is 0 Å². The van der Waals surface area contributed by atoms with Crippen molar-refractivity contribution in [2.24, 2.45) is 0 Å². The summed E-state index contributed by atoms with van der Waals surface area (Å²) >= 11 is 0. The predicted molar refractivity (Wildman–Crippen MR) is 81.5 cm³/mol. The van der Waals surface area contributed by atoms with Crippen LogP contribution in [0, 0.1) is 0 Å². The van der Waals surface area contributed by atoms with Gasteiger partial charge < -0.3 is 9.88 Å². The highest BCUT2D eigenvalue weighted by atomic mass is 15.1. The molecule has 3 heteroatoms. The van der Waals surface area contributed by atoms with Crippen LogP contribution in [0.1, 0.15) is 38.9 Å². The molecule has 0 saturated carbocycles. The molecular weight excluding hydrogens is 234 g/mol. The largest absolute Gasteiger partial charge is 0.327 e. The highest BCUT2D eigenvalue weighted by Gasteiger charge is 2.08. The second-order valence-corrected chi connectivity index (χ2v) is 5.02. The van der Waals surface area contributed by atoms with Crippen LogP contribution in [0.15, 0.2) is 24.3 Å². The van der Waals surface area contributed by atoms with Crippen LogP contribution in [-0.4, -0.2) is 22.6 Å². The molecule has 0 aliphatic carbocycles. The molecule has 3 nitrogen and oxygen atoms in total. The van der Waals surface area contributed by atoms with E-state index in [9.17, 15) is 0 Å². The van der Waals surface area contributed by atoms with Gasteiger partial charge in [0.15, 0.2) is 0 Å². The molecule has 0 aliphatic heterocycles. The number of nitrogens with one attached hydrogen (secondary N) is 1. The van der Waals surface area contributed by atoms with Gasteiger partial charge in [-0.3, -0.25) is 0 Å². The van der Waals surface area contributed by atoms with Gasteiger partial charge in [-0.15, -0.1) is 0 Å². The molecule has 2 aromatic rings. The molecule has 1 N–H and O–H groups in total. The number of fused-ring (bicyclic) bond motifs is 1. The maximum absolute atomic E-state index is 4.75. The zero-order valence-corrected chi connectivity index (χ0v) is 12.2. The Labute approximate surface area is 116 Å². The van der Waals surface area contributed by atoms with Crippen molar-refractivity contribution >= 4 is 11.0 Å². The maximum atomic E-state index is 4.75. The number of hydrogen-bond donors (Lipinski definition) is 1. The van der Waals surface area contributed by atoms with E-state index in [2.05, 4.69) is 48.0 Å². The van der Waals surface area contributed by atoms with E-state index in [1.807, 2.05) is 0 Å². The zero-order chi connectivity index (χ0) is 13.5. The van der Waals surface area contributed by atoms with E-state index in [1.165, 1.54) is 24.2 Å². The van der Waals surface area contributed by atoms with Gasteiger partial charge in [0, 0.05) is 19.5 Å². The van der Waals surface area contributed by atoms with Crippen molar-refractivity contribution in [2.75, 3.05) is 13.1 Å². The maximum Gasteiger partial charge on any atom is 0.109 e. The summed E-state index contributed by atoms with van der Waals surface area (Å²) in [4.78, 5) is 4.75. The summed E-state index contributed by atoms with van der Waals surface area (Å²) in [6.07, 6.45) is 4.71. The van der Waals surface area contributed by atoms with Crippen molar-refractivity contribution < 1.29 is 0 Å². The van der Waals surface area contributed by atoms with E-state index in [1.54, 1.807) is 0 Å². The van der Waals surface area contributed by atoms with Gasteiger partial charge in [-0.05, 0) is 31.5 Å². The Morgan fingerprint density at radius 2 is 1.95 bits per heavy atom. The minimum atomic E-state index is 1.01. The normalized spacial score (nSPS) is 11.3. The Bertz CT molecular complexity index is 502. The van der Waals surface area contributed by atoms with Crippen molar-refractivity contribution in [3.63, 3.8) is 0 Å². The topological polar surface area (TPSA) is 29.9 Å². The van der Waals surface area contributed by atoms with Gasteiger partial charge in [0.25, 0.3) is 0 Å². The molecule has 1 heterocycles. The Hall–Kier alpha value is -1.35. The molecule has 2 rings (SSSR count). The minimum absolute atomic E-state index is 1.01. The Balaban J connectivity index is 2.08. The number of aryl methyl sites for hydroxylation is 1. The van der Waals surface area contributed by atoms with Crippen LogP contribution >= 0.6 is 0 Å². The third-order valence-corrected chi connectivity index (χ3v) is 3.43. The first-order chi connectivity index (χ1) is 9.36. The van der Waals surface area contributed by atoms with Crippen molar-refractivity contribution in [3.05, 3.63) is 30.1 Å². The summed E-state index contributed by atoms with van der Waals surface area (Å²) in [5, 5.41) is 3.51. The molecule has 0 aliphatic rings. The van der Waals surface area contributed by atoms with Crippen LogP contribution in [0.4, 0.5) is 0 Å². The Morgan fingerprint density at radius 3 is 2.74 bits per heavy atom. The lowest BCUT2D eigenvalue weighted by Gasteiger charge is -2.09. The number of imidazole rings is 1. The lowest BCUT2D eigenvalue weighted by Crippen LogP contribution is -2.21. The lowest BCUT2D eigenvalue weighted by molar-refractivity contribution is 0.571. The van der Waals surface area contributed by atoms with Gasteiger partial charge in [-0.2, -0.15) is 0 Å². The molecule has 104 valence electrons. The third-order valence-electron chi connectivity index (χ3n) is 3.43. The second kappa shape index (κ2) is 7.29. The number of para-hydroxylation sites is 2. The number of hydrogen-bond acceptors (Lipinski definition) is 2. The molecule has 0 bridgehead atoms. The SMILES string of the molecule is CCCCNCCn1c(CCC)nc2ccccc21. The second-order valence-electron chi connectivity index (χ2n) is 5.02. The number of benzene rings is 1. The standard InChI is InChI=1S/C16H25N3/c1-3-5-11-17-12-13-19-15-10-7-6-9-14(15)18-16(19)8-4-2/h6-7,9-10,17H,3-5,8,11-13H2,1-2H3. The van der Waals surface area contributed by atoms with Crippen LogP contribution in [-0.2, 0) is 13.0 Å². The molecule has 0 radical (unpaired) electrons. The van der Waals surface area contributed by atoms with E-state index < -0.39 is 0 Å². The molecule has 0 atom stereocenters. The van der Waals surface area contributed by atoms with Gasteiger partial charge >= 0.3 is 0 Å². The first-order valence-corrected chi connectivity index (χ1v) is 7.51. The molecular formula is C16H25N3. The average Bonchev–Trinajstić information content (AvgIpc) is 2.77. The van der Waals surface area contributed by atoms with E-state index in [0.717, 1.165) is 38.0 Å². The number of rotatable bonds is 8. The average molecular weight is 259 g/mol. The van der Waals surface area contributed by atoms with Crippen LogP contribution < -0.4 is 5.32 Å². The Morgan fingerprint density at radius 1 is 1.11 bits per heavy atom. The minimum Gasteiger partial charge on any atom is -0.327 e. The zero-order valence-electron chi connectivity index (χ0n) is 12.2. The molecule has 0 unspecified atom stereocenters. The third kappa shape index (κ3) is 3.57. The van der Waals surface area contributed by atoms with Gasteiger partial charge in [0.1, 0.15) is 5.82 Å². The van der Waals surface area contributed by atoms with E-state index in [0.29, 0.717) is 0 Å². The summed E-state index contributed by atoms with van der Waals surface area (Å²) in [7, 11) is 0. The fourth-order valence-corrected chi connectivity index (χ4v) is 2.41. The predicted octanol–water partition coefficient (Wildman–Crippen LogP) is 3.38. The van der Waals surface area contributed by atoms with Crippen molar-refractivity contribution in [1.82, 2.24) is 14.9 Å². The van der Waals surface area contributed by atoms with Gasteiger partial charge in [-0.1, -0.05) is 32.4 Å². The molecule has 0 saturated heterocycles. The highest BCUT2D eigenvalue weighted by Crippen LogP contribution is 2.16. The van der Waals surface area contributed by atoms with Crippen molar-refractivity contribution in [1.29, 1.82) is 0 Å². The van der Waals surface area contributed by atoms with Crippen LogP contribution in [0.5, 0.6) is 0 Å². The number of nitrogens with zero attached hydrogens (tertiary/aromatic N) is 2. The monoisotopic (exact) mass is 259 g/mol. The summed E-state index contributed by atoms with van der Waals surface area (Å²) in [5.41, 5.74) is 2.39. The molecule has 0 fully saturated rings. The molecule has 19 heavy (non-hydrogen) atoms. The number of aromatic nitrogens is 2. The van der Waals surface area contributed by atoms with Gasteiger partial charge in [0.05, 0.1) is 11.0 Å². The van der Waals surface area contributed by atoms with E-state index in [-0.39, 0.29) is 0 Å². The molecule has 0 amide bonds. The van der Waals surface area contributed by atoms with Crippen LogP contribution in [0.25, 0.3) is 11.0 Å². The molecule has 0 spiro atoms. The Kier molecular flexibility index (Phi) is 5.40. The quantitative estimate of drug-likeness (QED) is 0.737. The fraction of sp³-hybridized carbons (Fsp3) is 0.562. The van der Waals surface area contributed by atoms with Gasteiger partial charge in [0.2, 0.25) is 0 Å². The van der Waals surface area contributed by atoms with Crippen molar-refractivity contribution in [3.8, 4) is 0 Å². The van der Waals surface area contributed by atoms with Crippen LogP contribution in [0.2, 0.25) is 0 Å². The summed E-state index contributed by atoms with van der Waals surface area (Å²) < 4.78 is 2.37. The summed E-state index contributed by atoms with van der Waals surface area (Å²) in [5.74, 6) is 1.22. The lowest BCUT2D eigenvalue weighted by atomic mass is 10.3. The first kappa shape index (κ1) is 14.1. The first-order valence-electron chi connectivity index (χ1n) is 7.51. The molecule has 1 aromatic carbocycles. The van der Waals surface area contributed by atoms with E-state index in [4.69, 9.17) is 4.98 Å². The van der Waals surface area contributed by atoms with E-state index >= 15 is 0 Å². The van der Waals surface area contributed by atoms with Crippen molar-refractivity contribution in [2.45, 2.75) is 46.1 Å². The number of unbranched alkanes of at least 4 members (excludes halogenated alkanes) is 1. The summed E-state index contributed by atoms with van der Waals surface area (Å²) in [6.45, 7) is 7.59. The summed E-state index contributed by atoms with van der Waals surface area (Å²) in [6, 6.07) is 8.44. The fourth-order valence-electron chi connectivity index (χ4n) is 2.41. The smallest absolute Gasteiger partial charge is 0.109 e. The molecule has 1 aromatic heterocycles. The van der Waals surface area contributed by atoms with Gasteiger partial charge in [-0.25, -0.2) is 4.98 Å².